The van der Waals surface area contributed by atoms with Crippen LogP contribution in [0.5, 0.6) is 0 Å². The summed E-state index contributed by atoms with van der Waals surface area (Å²) in [5, 5.41) is 11.0. The molecule has 4 nitrogen and oxygen atoms in total. The van der Waals surface area contributed by atoms with E-state index in [2.05, 4.69) is 0 Å². The molecule has 0 fully saturated rings. The average molecular weight is 267 g/mol. The largest absolute Gasteiger partial charge is 0.299 e. The number of carbonyl (C=O) groups excluding carboxylic acids is 1. The Morgan fingerprint density at radius 3 is 2.40 bits per heavy atom. The van der Waals surface area contributed by atoms with Crippen LogP contribution in [0.4, 0.5) is 5.69 Å². The third-order valence-electron chi connectivity index (χ3n) is 4.21. The van der Waals surface area contributed by atoms with E-state index < -0.39 is 10.3 Å². The van der Waals surface area contributed by atoms with Gasteiger partial charge in [0.05, 0.1) is 10.3 Å². The Bertz CT molecular complexity index is 751. The normalized spacial score (nSPS) is 19.3. The van der Waals surface area contributed by atoms with Crippen LogP contribution in [0.1, 0.15) is 25.0 Å². The maximum Gasteiger partial charge on any atom is 0.269 e. The van der Waals surface area contributed by atoms with Gasteiger partial charge in [-0.2, -0.15) is 0 Å². The van der Waals surface area contributed by atoms with Crippen molar-refractivity contribution in [2.45, 2.75) is 19.3 Å². The Morgan fingerprint density at radius 2 is 1.75 bits per heavy atom. The number of nitrogens with zero attached hydrogens (tertiary/aromatic N) is 1. The fraction of sp³-hybridized carbons (Fsp3) is 0.188. The first-order valence-electron chi connectivity index (χ1n) is 6.36. The predicted molar refractivity (Wildman–Crippen MR) is 75.7 cm³/mol. The lowest BCUT2D eigenvalue weighted by Crippen LogP contribution is -2.29. The van der Waals surface area contributed by atoms with Gasteiger partial charge in [0, 0.05) is 12.1 Å². The molecule has 0 bridgehead atoms. The van der Waals surface area contributed by atoms with E-state index in [0.717, 1.165) is 22.3 Å². The number of fused-ring (bicyclic) bond motifs is 3. The lowest BCUT2D eigenvalue weighted by atomic mass is 9.77. The van der Waals surface area contributed by atoms with Gasteiger partial charge in [-0.05, 0) is 42.2 Å². The highest BCUT2D eigenvalue weighted by molar-refractivity contribution is 6.00. The van der Waals surface area contributed by atoms with Gasteiger partial charge in [0.15, 0.2) is 0 Å². The molecule has 0 saturated heterocycles. The lowest BCUT2D eigenvalue weighted by Gasteiger charge is -2.23. The maximum atomic E-state index is 12.2. The van der Waals surface area contributed by atoms with Crippen LogP contribution in [0.15, 0.2) is 42.5 Å². The summed E-state index contributed by atoms with van der Waals surface area (Å²) >= 11 is 0. The number of nitro groups is 1. The highest BCUT2D eigenvalue weighted by Crippen LogP contribution is 2.50. The third kappa shape index (κ3) is 1.45. The molecule has 1 aliphatic carbocycles. The first-order valence-corrected chi connectivity index (χ1v) is 6.36. The van der Waals surface area contributed by atoms with Gasteiger partial charge < -0.3 is 0 Å². The van der Waals surface area contributed by atoms with E-state index in [1.165, 1.54) is 19.1 Å². The Hall–Kier alpha value is -2.49. The minimum absolute atomic E-state index is 0.0100. The van der Waals surface area contributed by atoms with Crippen molar-refractivity contribution in [3.63, 3.8) is 0 Å². The molecule has 20 heavy (non-hydrogen) atoms. The molecule has 1 unspecified atom stereocenters. The highest BCUT2D eigenvalue weighted by atomic mass is 16.6. The Balaban J connectivity index is 2.37. The predicted octanol–water partition coefficient (Wildman–Crippen LogP) is 3.47. The van der Waals surface area contributed by atoms with Gasteiger partial charge in [0.1, 0.15) is 5.78 Å². The quantitative estimate of drug-likeness (QED) is 0.618. The van der Waals surface area contributed by atoms with Gasteiger partial charge >= 0.3 is 0 Å². The number of carbonyl (C=O) groups is 1. The van der Waals surface area contributed by atoms with E-state index in [4.69, 9.17) is 0 Å². The highest BCUT2D eigenvalue weighted by Gasteiger charge is 2.43. The molecule has 1 aliphatic rings. The van der Waals surface area contributed by atoms with Crippen molar-refractivity contribution in [2.75, 3.05) is 0 Å². The summed E-state index contributed by atoms with van der Waals surface area (Å²) in [5.74, 6) is -0.0100. The second-order valence-electron chi connectivity index (χ2n) is 5.21. The standard InChI is InChI=1S/C16H13NO3/c1-10(18)16(2)14-6-4-3-5-12(14)13-8-7-11(17(19)20)9-15(13)16/h3-9H,1-2H3. The second kappa shape index (κ2) is 4.00. The summed E-state index contributed by atoms with van der Waals surface area (Å²) in [5.41, 5.74) is 2.74. The topological polar surface area (TPSA) is 60.2 Å². The molecular weight excluding hydrogens is 254 g/mol. The van der Waals surface area contributed by atoms with Gasteiger partial charge in [-0.1, -0.05) is 24.3 Å². The van der Waals surface area contributed by atoms with Crippen LogP contribution >= 0.6 is 0 Å². The molecule has 0 N–H and O–H groups in total. The Labute approximate surface area is 116 Å². The molecule has 2 aromatic rings. The van der Waals surface area contributed by atoms with Crippen LogP contribution in [0.2, 0.25) is 0 Å². The SMILES string of the molecule is CC(=O)C1(C)c2ccccc2-c2ccc([N+](=O)[O-])cc21. The van der Waals surface area contributed by atoms with Crippen molar-refractivity contribution in [1.29, 1.82) is 0 Å². The first kappa shape index (κ1) is 12.5. The second-order valence-corrected chi connectivity index (χ2v) is 5.21. The van der Waals surface area contributed by atoms with E-state index in [0.29, 0.717) is 0 Å². The van der Waals surface area contributed by atoms with Crippen molar-refractivity contribution in [3.05, 3.63) is 63.7 Å². The van der Waals surface area contributed by atoms with Crippen molar-refractivity contribution >= 4 is 11.5 Å². The molecule has 0 saturated carbocycles. The Morgan fingerprint density at radius 1 is 1.10 bits per heavy atom. The van der Waals surface area contributed by atoms with E-state index in [9.17, 15) is 14.9 Å². The number of ketones is 1. The molecule has 0 radical (unpaired) electrons. The number of benzene rings is 2. The van der Waals surface area contributed by atoms with Crippen LogP contribution in [0.3, 0.4) is 0 Å². The van der Waals surface area contributed by atoms with E-state index in [-0.39, 0.29) is 11.5 Å². The first-order chi connectivity index (χ1) is 9.46. The molecule has 4 heteroatoms. The van der Waals surface area contributed by atoms with E-state index in [1.54, 1.807) is 6.07 Å². The minimum Gasteiger partial charge on any atom is -0.299 e. The average Bonchev–Trinajstić information content (AvgIpc) is 2.70. The van der Waals surface area contributed by atoms with Crippen LogP contribution < -0.4 is 0 Å². The van der Waals surface area contributed by atoms with Gasteiger partial charge in [-0.3, -0.25) is 14.9 Å². The molecule has 0 heterocycles. The molecule has 0 amide bonds. The number of hydrogen-bond acceptors (Lipinski definition) is 3. The molecule has 3 rings (SSSR count). The third-order valence-corrected chi connectivity index (χ3v) is 4.21. The summed E-state index contributed by atoms with van der Waals surface area (Å²) in [6.45, 7) is 3.37. The number of Topliss-reactive ketones (excluding diaryl/α,β-unsaturated/α-hetero) is 1. The molecule has 0 aliphatic heterocycles. The fourth-order valence-corrected chi connectivity index (χ4v) is 2.97. The van der Waals surface area contributed by atoms with Crippen LogP contribution in [0, 0.1) is 10.1 Å². The zero-order chi connectivity index (χ0) is 14.5. The summed E-state index contributed by atoms with van der Waals surface area (Å²) in [4.78, 5) is 22.8. The number of nitro benzene ring substituents is 1. The van der Waals surface area contributed by atoms with Crippen molar-refractivity contribution < 1.29 is 9.72 Å². The summed E-state index contributed by atoms with van der Waals surface area (Å²) in [6, 6.07) is 12.4. The number of non-ortho nitro benzene ring substituents is 1. The van der Waals surface area contributed by atoms with Crippen LogP contribution in [0.25, 0.3) is 11.1 Å². The van der Waals surface area contributed by atoms with E-state index >= 15 is 0 Å². The zero-order valence-corrected chi connectivity index (χ0v) is 11.2. The monoisotopic (exact) mass is 267 g/mol. The van der Waals surface area contributed by atoms with Crippen molar-refractivity contribution in [3.8, 4) is 11.1 Å². The van der Waals surface area contributed by atoms with Crippen LogP contribution in [-0.2, 0) is 10.2 Å². The summed E-state index contributed by atoms with van der Waals surface area (Å²) in [7, 11) is 0. The summed E-state index contributed by atoms with van der Waals surface area (Å²) in [6.07, 6.45) is 0. The van der Waals surface area contributed by atoms with Crippen molar-refractivity contribution in [1.82, 2.24) is 0 Å². The van der Waals surface area contributed by atoms with Crippen LogP contribution in [-0.4, -0.2) is 10.7 Å². The Kier molecular flexibility index (Phi) is 2.51. The van der Waals surface area contributed by atoms with E-state index in [1.807, 2.05) is 31.2 Å². The molecular formula is C16H13NO3. The maximum absolute atomic E-state index is 12.2. The van der Waals surface area contributed by atoms with Gasteiger partial charge in [0.25, 0.3) is 5.69 Å². The molecule has 0 aromatic heterocycles. The number of rotatable bonds is 2. The smallest absolute Gasteiger partial charge is 0.269 e. The molecule has 100 valence electrons. The van der Waals surface area contributed by atoms with Crippen molar-refractivity contribution in [2.24, 2.45) is 0 Å². The fourth-order valence-electron chi connectivity index (χ4n) is 2.97. The number of hydrogen-bond donors (Lipinski definition) is 0. The summed E-state index contributed by atoms with van der Waals surface area (Å²) < 4.78 is 0. The van der Waals surface area contributed by atoms with Gasteiger partial charge in [0.2, 0.25) is 0 Å². The zero-order valence-electron chi connectivity index (χ0n) is 11.2. The molecule has 0 spiro atoms. The minimum atomic E-state index is -0.808. The van der Waals surface area contributed by atoms with Gasteiger partial charge in [-0.15, -0.1) is 0 Å². The molecule has 1 atom stereocenters. The lowest BCUT2D eigenvalue weighted by molar-refractivity contribution is -0.384. The van der Waals surface area contributed by atoms with Gasteiger partial charge in [-0.25, -0.2) is 0 Å². The molecule has 2 aromatic carbocycles.